The minimum absolute atomic E-state index is 0.00981. The molecule has 32 heavy (non-hydrogen) atoms. The molecule has 0 saturated carbocycles. The molecule has 168 valence electrons. The number of hydrogen-bond acceptors (Lipinski definition) is 6. The average molecular weight is 439 g/mol. The second-order valence-corrected chi connectivity index (χ2v) is 8.07. The Hall–Kier alpha value is -3.26. The monoisotopic (exact) mass is 438 g/mol. The lowest BCUT2D eigenvalue weighted by Crippen LogP contribution is -2.40. The van der Waals surface area contributed by atoms with Crippen LogP contribution < -0.4 is 10.1 Å². The fourth-order valence-electron chi connectivity index (χ4n) is 3.89. The normalized spacial score (nSPS) is 16.0. The molecular formula is C24H27FN4O3. The summed E-state index contributed by atoms with van der Waals surface area (Å²) in [4.78, 5) is 19.4. The van der Waals surface area contributed by atoms with Crippen molar-refractivity contribution in [3.63, 3.8) is 0 Å². The maximum absolute atomic E-state index is 13.1. The number of likely N-dealkylation sites (tertiary alicyclic amines) is 1. The Labute approximate surface area is 186 Å². The van der Waals surface area contributed by atoms with Crippen LogP contribution in [0.3, 0.4) is 0 Å². The van der Waals surface area contributed by atoms with Crippen molar-refractivity contribution in [2.75, 3.05) is 20.2 Å². The zero-order valence-electron chi connectivity index (χ0n) is 18.3. The molecule has 1 fully saturated rings. The molecule has 2 aromatic carbocycles. The highest BCUT2D eigenvalue weighted by molar-refractivity contribution is 5.79. The number of aromatic nitrogens is 2. The van der Waals surface area contributed by atoms with Gasteiger partial charge in [-0.15, -0.1) is 0 Å². The molecule has 2 heterocycles. The summed E-state index contributed by atoms with van der Waals surface area (Å²) in [6, 6.07) is 13.7. The summed E-state index contributed by atoms with van der Waals surface area (Å²) in [5, 5.41) is 7.12. The van der Waals surface area contributed by atoms with Crippen LogP contribution in [-0.2, 0) is 11.3 Å². The third-order valence-electron chi connectivity index (χ3n) is 5.86. The Bertz CT molecular complexity index is 1030. The third-order valence-corrected chi connectivity index (χ3v) is 5.86. The van der Waals surface area contributed by atoms with Gasteiger partial charge < -0.3 is 14.6 Å². The van der Waals surface area contributed by atoms with Gasteiger partial charge >= 0.3 is 0 Å². The van der Waals surface area contributed by atoms with Crippen LogP contribution in [-0.4, -0.2) is 41.1 Å². The summed E-state index contributed by atoms with van der Waals surface area (Å²) >= 11 is 0. The summed E-state index contributed by atoms with van der Waals surface area (Å²) in [5.41, 5.74) is 1.76. The average Bonchev–Trinajstić information content (AvgIpc) is 3.28. The number of carbonyl (C=O) groups excluding carboxylic acids is 1. The molecule has 1 aliphatic rings. The lowest BCUT2D eigenvalue weighted by atomic mass is 9.95. The lowest BCUT2D eigenvalue weighted by Gasteiger charge is -2.30. The molecule has 4 rings (SSSR count). The predicted molar refractivity (Wildman–Crippen MR) is 117 cm³/mol. The Kier molecular flexibility index (Phi) is 6.80. The standard InChI is InChI=1S/C24H27FN4O3/c1-16(17-5-9-21(31-2)10-6-17)26-24(30)19-11-13-29(14-12-19)15-22-27-23(28-32-22)18-3-7-20(25)8-4-18/h3-10,16,19H,11-15H2,1-2H3,(H,26,30). The van der Waals surface area contributed by atoms with E-state index in [-0.39, 0.29) is 23.7 Å². The topological polar surface area (TPSA) is 80.5 Å². The summed E-state index contributed by atoms with van der Waals surface area (Å²) in [7, 11) is 1.63. The Morgan fingerprint density at radius 1 is 1.19 bits per heavy atom. The van der Waals surface area contributed by atoms with Gasteiger partial charge in [-0.2, -0.15) is 4.98 Å². The number of rotatable bonds is 7. The number of ether oxygens (including phenoxy) is 1. The number of halogens is 1. The van der Waals surface area contributed by atoms with Gasteiger partial charge in [0.2, 0.25) is 17.6 Å². The van der Waals surface area contributed by atoms with Crippen molar-refractivity contribution < 1.29 is 18.4 Å². The molecule has 1 aromatic heterocycles. The SMILES string of the molecule is COc1ccc(C(C)NC(=O)C2CCN(Cc3nc(-c4ccc(F)cc4)no3)CC2)cc1. The number of benzene rings is 2. The molecule has 0 radical (unpaired) electrons. The zero-order chi connectivity index (χ0) is 22.5. The van der Waals surface area contributed by atoms with Crippen molar-refractivity contribution in [3.05, 3.63) is 65.8 Å². The van der Waals surface area contributed by atoms with Crippen LogP contribution in [0.25, 0.3) is 11.4 Å². The van der Waals surface area contributed by atoms with Crippen LogP contribution in [0.1, 0.15) is 37.3 Å². The molecule has 1 aliphatic heterocycles. The van der Waals surface area contributed by atoms with Crippen molar-refractivity contribution >= 4 is 5.91 Å². The minimum atomic E-state index is -0.303. The summed E-state index contributed by atoms with van der Waals surface area (Å²) in [6.07, 6.45) is 1.56. The van der Waals surface area contributed by atoms with Crippen molar-refractivity contribution in [1.82, 2.24) is 20.4 Å². The van der Waals surface area contributed by atoms with Crippen LogP contribution in [0, 0.1) is 11.7 Å². The highest BCUT2D eigenvalue weighted by Gasteiger charge is 2.27. The van der Waals surface area contributed by atoms with Gasteiger partial charge in [-0.25, -0.2) is 4.39 Å². The van der Waals surface area contributed by atoms with Crippen LogP contribution in [0.15, 0.2) is 53.1 Å². The van der Waals surface area contributed by atoms with E-state index in [1.54, 1.807) is 19.2 Å². The second kappa shape index (κ2) is 9.91. The highest BCUT2D eigenvalue weighted by atomic mass is 19.1. The molecule has 3 aromatic rings. The smallest absolute Gasteiger partial charge is 0.241 e. The summed E-state index contributed by atoms with van der Waals surface area (Å²) in [5.74, 6) is 1.53. The minimum Gasteiger partial charge on any atom is -0.497 e. The van der Waals surface area contributed by atoms with Crippen molar-refractivity contribution in [2.45, 2.75) is 32.4 Å². The molecule has 1 atom stereocenters. The van der Waals surface area contributed by atoms with Gasteiger partial charge in [-0.3, -0.25) is 9.69 Å². The van der Waals surface area contributed by atoms with Crippen LogP contribution in [0.2, 0.25) is 0 Å². The van der Waals surface area contributed by atoms with E-state index in [1.165, 1.54) is 12.1 Å². The van der Waals surface area contributed by atoms with Crippen LogP contribution in [0.4, 0.5) is 4.39 Å². The Balaban J connectivity index is 1.25. The van der Waals surface area contributed by atoms with Crippen molar-refractivity contribution in [2.24, 2.45) is 5.92 Å². The molecule has 1 unspecified atom stereocenters. The van der Waals surface area contributed by atoms with E-state index < -0.39 is 0 Å². The number of piperidine rings is 1. The molecule has 8 heteroatoms. The first-order valence-electron chi connectivity index (χ1n) is 10.8. The third kappa shape index (κ3) is 5.31. The van der Waals surface area contributed by atoms with E-state index in [4.69, 9.17) is 9.26 Å². The van der Waals surface area contributed by atoms with E-state index in [1.807, 2.05) is 31.2 Å². The molecule has 1 N–H and O–H groups in total. The fraction of sp³-hybridized carbons (Fsp3) is 0.375. The number of methoxy groups -OCH3 is 1. The zero-order valence-corrected chi connectivity index (χ0v) is 18.3. The van der Waals surface area contributed by atoms with E-state index in [0.29, 0.717) is 23.8 Å². The first-order valence-corrected chi connectivity index (χ1v) is 10.8. The van der Waals surface area contributed by atoms with E-state index >= 15 is 0 Å². The molecule has 0 spiro atoms. The first-order chi connectivity index (χ1) is 15.5. The van der Waals surface area contributed by atoms with Gasteiger partial charge in [0, 0.05) is 11.5 Å². The highest BCUT2D eigenvalue weighted by Crippen LogP contribution is 2.23. The molecule has 1 amide bonds. The largest absolute Gasteiger partial charge is 0.497 e. The number of nitrogens with one attached hydrogen (secondary N) is 1. The Morgan fingerprint density at radius 2 is 1.88 bits per heavy atom. The maximum Gasteiger partial charge on any atom is 0.241 e. The summed E-state index contributed by atoms with van der Waals surface area (Å²) < 4.78 is 23.6. The van der Waals surface area contributed by atoms with Crippen molar-refractivity contribution in [1.29, 1.82) is 0 Å². The van der Waals surface area contributed by atoms with E-state index in [9.17, 15) is 9.18 Å². The van der Waals surface area contributed by atoms with E-state index in [2.05, 4.69) is 20.4 Å². The Morgan fingerprint density at radius 3 is 2.53 bits per heavy atom. The number of nitrogens with zero attached hydrogens (tertiary/aromatic N) is 3. The molecular weight excluding hydrogens is 411 g/mol. The van der Waals surface area contributed by atoms with Gasteiger partial charge in [0.1, 0.15) is 11.6 Å². The second-order valence-electron chi connectivity index (χ2n) is 8.07. The first kappa shape index (κ1) is 22.0. The van der Waals surface area contributed by atoms with Gasteiger partial charge in [0.05, 0.1) is 19.7 Å². The molecule has 0 aliphatic carbocycles. The van der Waals surface area contributed by atoms with Gasteiger partial charge in [0.15, 0.2) is 0 Å². The van der Waals surface area contributed by atoms with Crippen LogP contribution in [0.5, 0.6) is 5.75 Å². The summed E-state index contributed by atoms with van der Waals surface area (Å²) in [6.45, 7) is 4.08. The maximum atomic E-state index is 13.1. The quantitative estimate of drug-likeness (QED) is 0.601. The number of amides is 1. The number of hydrogen-bond donors (Lipinski definition) is 1. The van der Waals surface area contributed by atoms with Gasteiger partial charge in [-0.1, -0.05) is 17.3 Å². The fourth-order valence-corrected chi connectivity index (χ4v) is 3.89. The van der Waals surface area contributed by atoms with Gasteiger partial charge in [0.25, 0.3) is 0 Å². The molecule has 7 nitrogen and oxygen atoms in total. The predicted octanol–water partition coefficient (Wildman–Crippen LogP) is 3.97. The van der Waals surface area contributed by atoms with Gasteiger partial charge in [-0.05, 0) is 74.8 Å². The molecule has 1 saturated heterocycles. The lowest BCUT2D eigenvalue weighted by molar-refractivity contribution is -0.127. The van der Waals surface area contributed by atoms with E-state index in [0.717, 1.165) is 37.2 Å². The number of carbonyl (C=O) groups is 1. The molecule has 0 bridgehead atoms. The van der Waals surface area contributed by atoms with Crippen LogP contribution >= 0.6 is 0 Å². The van der Waals surface area contributed by atoms with Crippen molar-refractivity contribution in [3.8, 4) is 17.1 Å².